The lowest BCUT2D eigenvalue weighted by atomic mass is 9.78. The quantitative estimate of drug-likeness (QED) is 0.191. The van der Waals surface area contributed by atoms with E-state index < -0.39 is 23.3 Å². The van der Waals surface area contributed by atoms with Gasteiger partial charge in [-0.25, -0.2) is 17.6 Å². The number of hydrogen-bond donors (Lipinski definition) is 0. The van der Waals surface area contributed by atoms with Gasteiger partial charge in [-0.3, -0.25) is 0 Å². The zero-order valence-corrected chi connectivity index (χ0v) is 23.0. The van der Waals surface area contributed by atoms with E-state index in [0.717, 1.165) is 12.1 Å². The van der Waals surface area contributed by atoms with Crippen LogP contribution in [0.1, 0.15) is 11.1 Å². The molecule has 6 heteroatoms. The molecule has 0 N–H and O–H groups in total. The average molecular weight is 581 g/mol. The molecule has 210 valence electrons. The van der Waals surface area contributed by atoms with Crippen molar-refractivity contribution in [1.82, 2.24) is 0 Å². The molecule has 0 heterocycles. The van der Waals surface area contributed by atoms with Gasteiger partial charge in [-0.05, 0) is 70.3 Å². The molecule has 0 bridgehead atoms. The van der Waals surface area contributed by atoms with E-state index in [-0.39, 0.29) is 27.8 Å². The molecule has 6 aromatic rings. The first-order valence-corrected chi connectivity index (χ1v) is 13.6. The molecule has 0 fully saturated rings. The number of hydrogen-bond acceptors (Lipinski definition) is 2. The normalized spacial score (nSPS) is 10.7. The smallest absolute Gasteiger partial charge is 0.159 e. The number of halogens is 4. The van der Waals surface area contributed by atoms with Crippen molar-refractivity contribution in [1.29, 1.82) is 10.5 Å². The molecule has 0 unspecified atom stereocenters. The van der Waals surface area contributed by atoms with Gasteiger partial charge in [-0.2, -0.15) is 10.5 Å². The van der Waals surface area contributed by atoms with Crippen LogP contribution in [0.4, 0.5) is 17.6 Å². The molecule has 0 atom stereocenters. The van der Waals surface area contributed by atoms with Crippen LogP contribution in [0.15, 0.2) is 121 Å². The first-order valence-electron chi connectivity index (χ1n) is 13.6. The van der Waals surface area contributed by atoms with Crippen molar-refractivity contribution < 1.29 is 17.6 Å². The summed E-state index contributed by atoms with van der Waals surface area (Å²) >= 11 is 0. The molecule has 0 amide bonds. The van der Waals surface area contributed by atoms with Crippen LogP contribution >= 0.6 is 0 Å². The molecule has 6 aromatic carbocycles. The predicted molar refractivity (Wildman–Crippen MR) is 163 cm³/mol. The summed E-state index contributed by atoms with van der Waals surface area (Å²) in [5.74, 6) is -3.75. The third kappa shape index (κ3) is 5.00. The van der Waals surface area contributed by atoms with Gasteiger partial charge < -0.3 is 0 Å². The summed E-state index contributed by atoms with van der Waals surface area (Å²) in [5, 5.41) is 19.1. The highest BCUT2D eigenvalue weighted by Crippen LogP contribution is 2.52. The summed E-state index contributed by atoms with van der Waals surface area (Å²) in [6.07, 6.45) is 0. The van der Waals surface area contributed by atoms with E-state index in [0.29, 0.717) is 38.9 Å². The zero-order chi connectivity index (χ0) is 30.8. The highest BCUT2D eigenvalue weighted by atomic mass is 19.2. The van der Waals surface area contributed by atoms with E-state index >= 15 is 8.78 Å². The molecule has 0 aliphatic heterocycles. The van der Waals surface area contributed by atoms with Crippen LogP contribution in [0.25, 0.3) is 55.6 Å². The van der Waals surface area contributed by atoms with E-state index in [1.54, 1.807) is 78.9 Å². The van der Waals surface area contributed by atoms with Gasteiger partial charge in [0.05, 0.1) is 23.3 Å². The fraction of sp³-hybridized carbons (Fsp3) is 0. The Morgan fingerprint density at radius 2 is 0.955 bits per heavy atom. The van der Waals surface area contributed by atoms with Gasteiger partial charge in [0.25, 0.3) is 0 Å². The molecule has 0 aliphatic carbocycles. The van der Waals surface area contributed by atoms with Gasteiger partial charge in [0.1, 0.15) is 11.6 Å². The minimum Gasteiger partial charge on any atom is -0.206 e. The molecule has 0 saturated carbocycles. The Morgan fingerprint density at radius 3 is 1.64 bits per heavy atom. The summed E-state index contributed by atoms with van der Waals surface area (Å²) in [6.45, 7) is 0. The van der Waals surface area contributed by atoms with Crippen LogP contribution in [-0.4, -0.2) is 0 Å². The molecular formula is C38H20F4N2. The van der Waals surface area contributed by atoms with Gasteiger partial charge in [-0.15, -0.1) is 0 Å². The first-order chi connectivity index (χ1) is 21.4. The Balaban J connectivity index is 1.91. The summed E-state index contributed by atoms with van der Waals surface area (Å²) in [5.41, 5.74) is 3.07. The van der Waals surface area contributed by atoms with Gasteiger partial charge in [0.15, 0.2) is 11.6 Å². The van der Waals surface area contributed by atoms with Crippen LogP contribution in [0.3, 0.4) is 0 Å². The Labute approximate surface area is 251 Å². The van der Waals surface area contributed by atoms with Crippen molar-refractivity contribution in [2.75, 3.05) is 0 Å². The van der Waals surface area contributed by atoms with Crippen LogP contribution in [0.5, 0.6) is 0 Å². The standard InChI is InChI=1S/C38H20F4N2/c39-30-12-5-4-11-29(30)37-33(25-8-2-1-3-9-25)34(27-10-6-7-24(19-27)22-44)35(26-15-13-23(21-43)14-16-26)38(42)36(37)28-17-18-31(40)32(41)20-28/h1-20H. The largest absolute Gasteiger partial charge is 0.206 e. The van der Waals surface area contributed by atoms with Crippen LogP contribution in [0, 0.1) is 45.9 Å². The van der Waals surface area contributed by atoms with Crippen molar-refractivity contribution in [3.63, 3.8) is 0 Å². The molecule has 0 spiro atoms. The van der Waals surface area contributed by atoms with Gasteiger partial charge >= 0.3 is 0 Å². The van der Waals surface area contributed by atoms with Crippen LogP contribution < -0.4 is 0 Å². The molecular weight excluding hydrogens is 560 g/mol. The lowest BCUT2D eigenvalue weighted by molar-refractivity contribution is 0.509. The van der Waals surface area contributed by atoms with Crippen molar-refractivity contribution in [2.45, 2.75) is 0 Å². The summed E-state index contributed by atoms with van der Waals surface area (Å²) in [6, 6.07) is 35.1. The van der Waals surface area contributed by atoms with E-state index in [9.17, 15) is 19.3 Å². The SMILES string of the molecule is N#Cc1ccc(-c2c(F)c(-c3ccc(F)c(F)c3)c(-c3ccccc3F)c(-c3ccccc3)c2-c2cccc(C#N)c2)cc1. The Hall–Kier alpha value is -5.98. The predicted octanol–water partition coefficient (Wildman–Crippen LogP) is 10.3. The fourth-order valence-electron chi connectivity index (χ4n) is 5.48. The number of benzene rings is 6. The monoisotopic (exact) mass is 580 g/mol. The molecule has 2 nitrogen and oxygen atoms in total. The third-order valence-corrected chi connectivity index (χ3v) is 7.44. The number of rotatable bonds is 5. The summed E-state index contributed by atoms with van der Waals surface area (Å²) < 4.78 is 62.1. The molecule has 0 aliphatic rings. The first kappa shape index (κ1) is 28.2. The van der Waals surface area contributed by atoms with Crippen molar-refractivity contribution in [3.8, 4) is 67.8 Å². The van der Waals surface area contributed by atoms with E-state index in [4.69, 9.17) is 0 Å². The second kappa shape index (κ2) is 11.7. The van der Waals surface area contributed by atoms with Crippen LogP contribution in [0.2, 0.25) is 0 Å². The maximum atomic E-state index is 17.5. The maximum absolute atomic E-state index is 17.5. The average Bonchev–Trinajstić information content (AvgIpc) is 3.06. The maximum Gasteiger partial charge on any atom is 0.159 e. The fourth-order valence-corrected chi connectivity index (χ4v) is 5.48. The van der Waals surface area contributed by atoms with Crippen molar-refractivity contribution in [2.24, 2.45) is 0 Å². The van der Waals surface area contributed by atoms with Crippen molar-refractivity contribution in [3.05, 3.63) is 156 Å². The molecule has 44 heavy (non-hydrogen) atoms. The summed E-state index contributed by atoms with van der Waals surface area (Å²) in [4.78, 5) is 0. The topological polar surface area (TPSA) is 47.6 Å². The molecule has 0 radical (unpaired) electrons. The third-order valence-electron chi connectivity index (χ3n) is 7.44. The Bertz CT molecular complexity index is 2120. The number of nitriles is 2. The minimum atomic E-state index is -1.19. The minimum absolute atomic E-state index is 0.00375. The van der Waals surface area contributed by atoms with Gasteiger partial charge in [0, 0.05) is 27.8 Å². The Kier molecular flexibility index (Phi) is 7.50. The highest BCUT2D eigenvalue weighted by molar-refractivity contribution is 6.08. The second-order valence-corrected chi connectivity index (χ2v) is 10.0. The van der Waals surface area contributed by atoms with Gasteiger partial charge in [-0.1, -0.05) is 78.9 Å². The zero-order valence-electron chi connectivity index (χ0n) is 23.0. The van der Waals surface area contributed by atoms with E-state index in [2.05, 4.69) is 12.1 Å². The van der Waals surface area contributed by atoms with Crippen LogP contribution in [-0.2, 0) is 0 Å². The number of nitrogens with zero attached hydrogens (tertiary/aromatic N) is 2. The molecule has 0 saturated heterocycles. The second-order valence-electron chi connectivity index (χ2n) is 10.0. The van der Waals surface area contributed by atoms with Crippen molar-refractivity contribution >= 4 is 0 Å². The lowest BCUT2D eigenvalue weighted by Crippen LogP contribution is -2.04. The highest BCUT2D eigenvalue weighted by Gasteiger charge is 2.30. The van der Waals surface area contributed by atoms with Gasteiger partial charge in [0.2, 0.25) is 0 Å². The van der Waals surface area contributed by atoms with E-state index in [1.807, 2.05) is 6.07 Å². The summed E-state index contributed by atoms with van der Waals surface area (Å²) in [7, 11) is 0. The molecule has 0 aromatic heterocycles. The lowest BCUT2D eigenvalue weighted by Gasteiger charge is -2.25. The Morgan fingerprint density at radius 1 is 0.386 bits per heavy atom. The molecule has 6 rings (SSSR count). The van der Waals surface area contributed by atoms with E-state index in [1.165, 1.54) is 24.3 Å².